The molecule has 2 heterocycles. The molecule has 9 heteroatoms. The maximum atomic E-state index is 12.9. The second-order valence-electron chi connectivity index (χ2n) is 11.5. The summed E-state index contributed by atoms with van der Waals surface area (Å²) >= 11 is 1.69. The Bertz CT molecular complexity index is 1860. The van der Waals surface area contributed by atoms with Gasteiger partial charge in [-0.15, -0.1) is 11.3 Å². The van der Waals surface area contributed by atoms with Gasteiger partial charge in [-0.3, -0.25) is 14.6 Å². The smallest absolute Gasteiger partial charge is 0.185 e. The first-order valence-corrected chi connectivity index (χ1v) is 16.4. The Morgan fingerprint density at radius 3 is 2.30 bits per heavy atom. The number of nitrogens with zero attached hydrogens (tertiary/aromatic N) is 3. The fourth-order valence-electron chi connectivity index (χ4n) is 5.45. The number of thiazole rings is 1. The van der Waals surface area contributed by atoms with E-state index < -0.39 is 0 Å². The van der Waals surface area contributed by atoms with E-state index in [1.165, 1.54) is 4.70 Å². The topological polar surface area (TPSA) is 73.4 Å². The van der Waals surface area contributed by atoms with Crippen molar-refractivity contribution in [2.24, 2.45) is 0 Å². The average Bonchev–Trinajstić information content (AvgIpc) is 3.55. The summed E-state index contributed by atoms with van der Waals surface area (Å²) in [7, 11) is 3.24. The largest absolute Gasteiger partial charge is 0.496 e. The van der Waals surface area contributed by atoms with Gasteiger partial charge in [0.1, 0.15) is 30.0 Å². The zero-order valence-electron chi connectivity index (χ0n) is 27.2. The zero-order chi connectivity index (χ0) is 32.8. The van der Waals surface area contributed by atoms with Gasteiger partial charge in [-0.1, -0.05) is 36.4 Å². The average molecular weight is 650 g/mol. The molecule has 1 aliphatic heterocycles. The fourth-order valence-corrected chi connectivity index (χ4v) is 6.41. The van der Waals surface area contributed by atoms with E-state index in [4.69, 9.17) is 23.9 Å². The summed E-state index contributed by atoms with van der Waals surface area (Å²) in [5.41, 5.74) is 5.57. The number of ketones is 1. The van der Waals surface area contributed by atoms with Gasteiger partial charge in [0.25, 0.3) is 0 Å². The predicted octanol–water partition coefficient (Wildman–Crippen LogP) is 7.48. The van der Waals surface area contributed by atoms with E-state index in [0.29, 0.717) is 36.3 Å². The van der Waals surface area contributed by atoms with E-state index in [-0.39, 0.29) is 5.78 Å². The molecule has 0 bridgehead atoms. The molecule has 0 aliphatic carbocycles. The molecule has 0 spiro atoms. The number of aryl methyl sites for hydroxylation is 1. The number of para-hydroxylation sites is 1. The Balaban J connectivity index is 0.998. The molecule has 1 aliphatic rings. The number of rotatable bonds is 12. The van der Waals surface area contributed by atoms with Crippen LogP contribution in [0.15, 0.2) is 84.9 Å². The lowest BCUT2D eigenvalue weighted by atomic mass is 10.0. The number of hydrogen-bond donors (Lipinski definition) is 0. The van der Waals surface area contributed by atoms with Gasteiger partial charge in [-0.05, 0) is 85.1 Å². The number of ether oxygens (including phenoxy) is 4. The molecule has 0 unspecified atom stereocenters. The van der Waals surface area contributed by atoms with E-state index in [1.807, 2.05) is 68.4 Å². The molecule has 0 amide bonds. The summed E-state index contributed by atoms with van der Waals surface area (Å²) in [5, 5.41) is 0.996. The molecule has 0 N–H and O–H groups in total. The highest BCUT2D eigenvalue weighted by Crippen LogP contribution is 2.32. The third kappa shape index (κ3) is 7.82. The summed E-state index contributed by atoms with van der Waals surface area (Å²) in [4.78, 5) is 22.3. The van der Waals surface area contributed by atoms with Crippen molar-refractivity contribution in [1.82, 2.24) is 14.8 Å². The summed E-state index contributed by atoms with van der Waals surface area (Å²) in [6, 6.07) is 25.7. The summed E-state index contributed by atoms with van der Waals surface area (Å²) in [5.74, 6) is 2.74. The van der Waals surface area contributed by atoms with Crippen LogP contribution in [-0.2, 0) is 0 Å². The number of fused-ring (bicyclic) bond motifs is 1. The van der Waals surface area contributed by atoms with Crippen molar-refractivity contribution in [3.63, 3.8) is 0 Å². The number of aromatic nitrogens is 1. The molecule has 4 aromatic carbocycles. The molecule has 0 atom stereocenters. The van der Waals surface area contributed by atoms with E-state index in [1.54, 1.807) is 43.8 Å². The van der Waals surface area contributed by atoms with Gasteiger partial charge < -0.3 is 18.9 Å². The number of carbonyl (C=O) groups excluding carboxylic acids is 1. The molecule has 0 saturated carbocycles. The van der Waals surface area contributed by atoms with Crippen LogP contribution in [0.2, 0.25) is 0 Å². The first-order chi connectivity index (χ1) is 22.9. The molecule has 1 saturated heterocycles. The van der Waals surface area contributed by atoms with Crippen LogP contribution < -0.4 is 18.9 Å². The maximum absolute atomic E-state index is 12.9. The second kappa shape index (κ2) is 14.8. The molecular formula is C38H39N3O5S. The lowest BCUT2D eigenvalue weighted by molar-refractivity contribution is 0.0325. The van der Waals surface area contributed by atoms with Gasteiger partial charge in [0.15, 0.2) is 17.3 Å². The van der Waals surface area contributed by atoms with Crippen molar-refractivity contribution in [2.75, 3.05) is 53.9 Å². The van der Waals surface area contributed by atoms with Gasteiger partial charge in [0.05, 0.1) is 24.4 Å². The van der Waals surface area contributed by atoms with Crippen molar-refractivity contribution in [3.05, 3.63) is 107 Å². The third-order valence-corrected chi connectivity index (χ3v) is 9.48. The number of allylic oxidation sites excluding steroid dienone is 1. The van der Waals surface area contributed by atoms with Gasteiger partial charge in [0, 0.05) is 37.3 Å². The molecular weight excluding hydrogens is 611 g/mol. The number of methoxy groups -OCH3 is 2. The van der Waals surface area contributed by atoms with Crippen molar-refractivity contribution in [2.45, 2.75) is 13.8 Å². The molecule has 6 rings (SSSR count). The Morgan fingerprint density at radius 1 is 0.809 bits per heavy atom. The lowest BCUT2D eigenvalue weighted by Crippen LogP contribution is -2.48. The summed E-state index contributed by atoms with van der Waals surface area (Å²) < 4.78 is 24.6. The summed E-state index contributed by atoms with van der Waals surface area (Å²) in [6.07, 6.45) is 3.37. The van der Waals surface area contributed by atoms with E-state index >= 15 is 0 Å². The molecule has 5 aromatic rings. The highest BCUT2D eigenvalue weighted by atomic mass is 32.1. The Kier molecular flexibility index (Phi) is 10.2. The quantitative estimate of drug-likeness (QED) is 0.102. The standard InChI is InChI=1S/C38H39N3O5S/c1-26-20-30(23-35(44-4)27(26)2)33(42)14-12-28-13-15-34(43-3)36(21-28)46-25-41-18-16-40(17-19-41)24-45-31-9-7-8-29(22-31)38-39-32-10-5-6-11-37(32)47-38/h5-15,20-23H,16-19,24-25H2,1-4H3/b14-12+. The molecule has 1 fully saturated rings. The number of benzene rings is 4. The second-order valence-corrected chi connectivity index (χ2v) is 12.6. The zero-order valence-corrected chi connectivity index (χ0v) is 28.0. The van der Waals surface area contributed by atoms with Crippen LogP contribution in [0, 0.1) is 13.8 Å². The van der Waals surface area contributed by atoms with Crippen LogP contribution in [0.1, 0.15) is 27.0 Å². The lowest BCUT2D eigenvalue weighted by Gasteiger charge is -2.34. The van der Waals surface area contributed by atoms with Crippen LogP contribution in [0.5, 0.6) is 23.0 Å². The van der Waals surface area contributed by atoms with Crippen LogP contribution in [-0.4, -0.2) is 74.4 Å². The fraction of sp³-hybridized carbons (Fsp3) is 0.263. The summed E-state index contributed by atoms with van der Waals surface area (Å²) in [6.45, 7) is 8.36. The van der Waals surface area contributed by atoms with E-state index in [2.05, 4.69) is 28.0 Å². The van der Waals surface area contributed by atoms with E-state index in [9.17, 15) is 4.79 Å². The number of carbonyl (C=O) groups is 1. The highest BCUT2D eigenvalue weighted by Gasteiger charge is 2.19. The Morgan fingerprint density at radius 2 is 1.55 bits per heavy atom. The normalized spacial score (nSPS) is 14.0. The van der Waals surface area contributed by atoms with E-state index in [0.717, 1.165) is 64.7 Å². The first-order valence-electron chi connectivity index (χ1n) is 15.6. The molecule has 242 valence electrons. The molecule has 8 nitrogen and oxygen atoms in total. The minimum absolute atomic E-state index is 0.0903. The van der Waals surface area contributed by atoms with Crippen molar-refractivity contribution < 1.29 is 23.7 Å². The third-order valence-electron chi connectivity index (χ3n) is 8.40. The number of hydrogen-bond acceptors (Lipinski definition) is 9. The van der Waals surface area contributed by atoms with Crippen molar-refractivity contribution >= 4 is 33.4 Å². The first kappa shape index (κ1) is 32.2. The number of piperazine rings is 1. The van der Waals surface area contributed by atoms with Gasteiger partial charge in [-0.25, -0.2) is 4.98 Å². The van der Waals surface area contributed by atoms with Crippen molar-refractivity contribution in [3.8, 4) is 33.6 Å². The van der Waals surface area contributed by atoms with Gasteiger partial charge >= 0.3 is 0 Å². The highest BCUT2D eigenvalue weighted by molar-refractivity contribution is 7.21. The van der Waals surface area contributed by atoms with Crippen LogP contribution >= 0.6 is 11.3 Å². The molecule has 47 heavy (non-hydrogen) atoms. The van der Waals surface area contributed by atoms with Crippen molar-refractivity contribution in [1.29, 1.82) is 0 Å². The van der Waals surface area contributed by atoms with Gasteiger partial charge in [0.2, 0.25) is 0 Å². The minimum Gasteiger partial charge on any atom is -0.496 e. The maximum Gasteiger partial charge on any atom is 0.185 e. The predicted molar refractivity (Wildman–Crippen MR) is 188 cm³/mol. The monoisotopic (exact) mass is 649 g/mol. The Hall–Kier alpha value is -4.70. The molecule has 0 radical (unpaired) electrons. The van der Waals surface area contributed by atoms with Crippen LogP contribution in [0.4, 0.5) is 0 Å². The minimum atomic E-state index is -0.0903. The SMILES string of the molecule is COc1ccc(/C=C/C(=O)c2cc(C)c(C)c(OC)c2)cc1OCN1CCN(COc2cccc(-c3nc4ccccc4s3)c2)CC1. The molecule has 1 aromatic heterocycles. The Labute approximate surface area is 279 Å². The van der Waals surface area contributed by atoms with Crippen LogP contribution in [0.25, 0.3) is 26.9 Å². The van der Waals surface area contributed by atoms with Gasteiger partial charge in [-0.2, -0.15) is 0 Å². The van der Waals surface area contributed by atoms with Crippen LogP contribution in [0.3, 0.4) is 0 Å².